The average molecular weight is 320 g/mol. The van der Waals surface area contributed by atoms with Gasteiger partial charge in [-0.05, 0) is 42.5 Å². The summed E-state index contributed by atoms with van der Waals surface area (Å²) in [5.41, 5.74) is 0.506. The highest BCUT2D eigenvalue weighted by Gasteiger charge is 2.16. The summed E-state index contributed by atoms with van der Waals surface area (Å²) in [7, 11) is -0.542. The van der Waals surface area contributed by atoms with Crippen molar-refractivity contribution in [2.24, 2.45) is 0 Å². The highest BCUT2D eigenvalue weighted by Crippen LogP contribution is 2.16. The molecular weight excluding hydrogens is 304 g/mol. The summed E-state index contributed by atoms with van der Waals surface area (Å²) in [6, 6.07) is 9.42. The van der Waals surface area contributed by atoms with Crippen molar-refractivity contribution in [2.45, 2.75) is 4.90 Å². The molecule has 0 unspecified atom stereocenters. The maximum absolute atomic E-state index is 11.9. The summed E-state index contributed by atoms with van der Waals surface area (Å²) in [6.07, 6.45) is 4.39. The molecule has 2 aromatic rings. The number of furan rings is 1. The molecule has 7 heteroatoms. The Balaban J connectivity index is 2.04. The minimum Gasteiger partial charge on any atom is -0.465 e. The molecule has 0 aliphatic carbocycles. The molecule has 0 bridgehead atoms. The molecule has 1 aromatic carbocycles. The summed E-state index contributed by atoms with van der Waals surface area (Å²) in [5.74, 6) is 0.238. The van der Waals surface area contributed by atoms with E-state index in [4.69, 9.17) is 4.42 Å². The van der Waals surface area contributed by atoms with Gasteiger partial charge in [-0.2, -0.15) is 0 Å². The van der Waals surface area contributed by atoms with E-state index in [-0.39, 0.29) is 10.8 Å². The van der Waals surface area contributed by atoms with Crippen molar-refractivity contribution in [1.29, 1.82) is 0 Å². The van der Waals surface area contributed by atoms with E-state index in [1.165, 1.54) is 50.7 Å². The third kappa shape index (κ3) is 3.84. The number of hydrogen-bond donors (Lipinski definition) is 1. The maximum Gasteiger partial charge on any atom is 0.248 e. The van der Waals surface area contributed by atoms with Crippen LogP contribution in [0.25, 0.3) is 6.08 Å². The van der Waals surface area contributed by atoms with Gasteiger partial charge in [-0.1, -0.05) is 0 Å². The van der Waals surface area contributed by atoms with Crippen LogP contribution in [0.3, 0.4) is 0 Å². The Hall–Kier alpha value is -2.38. The first-order valence-electron chi connectivity index (χ1n) is 6.45. The summed E-state index contributed by atoms with van der Waals surface area (Å²) < 4.78 is 30.0. The summed E-state index contributed by atoms with van der Waals surface area (Å²) >= 11 is 0. The average Bonchev–Trinajstić information content (AvgIpc) is 2.99. The number of nitrogens with one attached hydrogen (secondary N) is 1. The number of nitrogens with zero attached hydrogens (tertiary/aromatic N) is 1. The van der Waals surface area contributed by atoms with Gasteiger partial charge in [0.2, 0.25) is 15.9 Å². The molecule has 116 valence electrons. The monoisotopic (exact) mass is 320 g/mol. The molecule has 0 aliphatic rings. The number of carbonyl (C=O) groups is 1. The van der Waals surface area contributed by atoms with Gasteiger partial charge in [-0.25, -0.2) is 12.7 Å². The topological polar surface area (TPSA) is 79.6 Å². The fourth-order valence-electron chi connectivity index (χ4n) is 1.65. The van der Waals surface area contributed by atoms with E-state index in [1.807, 2.05) is 0 Å². The van der Waals surface area contributed by atoms with Gasteiger partial charge in [-0.3, -0.25) is 4.79 Å². The van der Waals surface area contributed by atoms with Crippen molar-refractivity contribution in [3.63, 3.8) is 0 Å². The number of amides is 1. The van der Waals surface area contributed by atoms with E-state index in [0.29, 0.717) is 11.4 Å². The van der Waals surface area contributed by atoms with Crippen LogP contribution in [0.15, 0.2) is 58.1 Å². The number of hydrogen-bond acceptors (Lipinski definition) is 4. The number of sulfonamides is 1. The first-order chi connectivity index (χ1) is 10.4. The Morgan fingerprint density at radius 3 is 2.41 bits per heavy atom. The van der Waals surface area contributed by atoms with Crippen molar-refractivity contribution in [3.05, 3.63) is 54.5 Å². The second-order valence-electron chi connectivity index (χ2n) is 4.65. The third-order valence-electron chi connectivity index (χ3n) is 2.84. The predicted molar refractivity (Wildman–Crippen MR) is 83.7 cm³/mol. The molecule has 6 nitrogen and oxygen atoms in total. The normalized spacial score (nSPS) is 12.0. The van der Waals surface area contributed by atoms with Crippen molar-refractivity contribution in [3.8, 4) is 0 Å². The molecule has 0 fully saturated rings. The lowest BCUT2D eigenvalue weighted by molar-refractivity contribution is -0.111. The molecule has 0 radical (unpaired) electrons. The quantitative estimate of drug-likeness (QED) is 0.856. The standard InChI is InChI=1S/C15H16N2O4S/c1-17(2)22(19,20)14-8-5-12(6-9-14)16-15(18)10-7-13-4-3-11-21-13/h3-11H,1-2H3,(H,16,18)/b10-7-. The van der Waals surface area contributed by atoms with Gasteiger partial charge in [0.25, 0.3) is 0 Å². The molecule has 1 heterocycles. The van der Waals surface area contributed by atoms with Crippen molar-refractivity contribution in [2.75, 3.05) is 19.4 Å². The molecule has 0 atom stereocenters. The zero-order valence-electron chi connectivity index (χ0n) is 12.2. The second kappa shape index (κ2) is 6.59. The SMILES string of the molecule is CN(C)S(=O)(=O)c1ccc(NC(=O)/C=C\c2ccco2)cc1. The lowest BCUT2D eigenvalue weighted by Gasteiger charge is -2.11. The number of benzene rings is 1. The van der Waals surface area contributed by atoms with E-state index >= 15 is 0 Å². The first kappa shape index (κ1) is 16.0. The molecular formula is C15H16N2O4S. The second-order valence-corrected chi connectivity index (χ2v) is 6.80. The van der Waals surface area contributed by atoms with Gasteiger partial charge < -0.3 is 9.73 Å². The molecule has 0 saturated carbocycles. The minimum absolute atomic E-state index is 0.168. The lowest BCUT2D eigenvalue weighted by Crippen LogP contribution is -2.22. The Kier molecular flexibility index (Phi) is 4.79. The zero-order chi connectivity index (χ0) is 16.2. The molecule has 1 aromatic heterocycles. The van der Waals surface area contributed by atoms with Crippen LogP contribution < -0.4 is 5.32 Å². The number of anilines is 1. The third-order valence-corrected chi connectivity index (χ3v) is 4.67. The predicted octanol–water partition coefficient (Wildman–Crippen LogP) is 2.18. The van der Waals surface area contributed by atoms with Crippen LogP contribution in [0.4, 0.5) is 5.69 Å². The first-order valence-corrected chi connectivity index (χ1v) is 7.89. The van der Waals surface area contributed by atoms with Gasteiger partial charge in [0.1, 0.15) is 5.76 Å². The van der Waals surface area contributed by atoms with Crippen LogP contribution in [-0.2, 0) is 14.8 Å². The Labute approximate surface area is 129 Å². The van der Waals surface area contributed by atoms with Crippen LogP contribution in [0.2, 0.25) is 0 Å². The van der Waals surface area contributed by atoms with Crippen LogP contribution in [0, 0.1) is 0 Å². The van der Waals surface area contributed by atoms with Crippen LogP contribution in [0.5, 0.6) is 0 Å². The van der Waals surface area contributed by atoms with Crippen LogP contribution >= 0.6 is 0 Å². The van der Waals surface area contributed by atoms with E-state index in [2.05, 4.69) is 5.32 Å². The molecule has 22 heavy (non-hydrogen) atoms. The Bertz CT molecular complexity index is 760. The van der Waals surface area contributed by atoms with E-state index < -0.39 is 10.0 Å². The van der Waals surface area contributed by atoms with Gasteiger partial charge in [-0.15, -0.1) is 0 Å². The van der Waals surface area contributed by atoms with Gasteiger partial charge in [0.15, 0.2) is 0 Å². The number of rotatable bonds is 5. The Morgan fingerprint density at radius 1 is 1.18 bits per heavy atom. The van der Waals surface area contributed by atoms with Gasteiger partial charge >= 0.3 is 0 Å². The van der Waals surface area contributed by atoms with E-state index in [9.17, 15) is 13.2 Å². The maximum atomic E-state index is 11.9. The van der Waals surface area contributed by atoms with Gasteiger partial charge in [0, 0.05) is 25.9 Å². The minimum atomic E-state index is -3.47. The number of carbonyl (C=O) groups excluding carboxylic acids is 1. The van der Waals surface area contributed by atoms with E-state index in [0.717, 1.165) is 4.31 Å². The van der Waals surface area contributed by atoms with E-state index in [1.54, 1.807) is 18.2 Å². The lowest BCUT2D eigenvalue weighted by atomic mass is 10.3. The molecule has 0 saturated heterocycles. The fraction of sp³-hybridized carbons (Fsp3) is 0.133. The molecule has 1 amide bonds. The van der Waals surface area contributed by atoms with Crippen molar-refractivity contribution >= 4 is 27.7 Å². The molecule has 2 rings (SSSR count). The molecule has 0 spiro atoms. The summed E-state index contributed by atoms with van der Waals surface area (Å²) in [6.45, 7) is 0. The highest BCUT2D eigenvalue weighted by molar-refractivity contribution is 7.89. The highest BCUT2D eigenvalue weighted by atomic mass is 32.2. The zero-order valence-corrected chi connectivity index (χ0v) is 13.0. The van der Waals surface area contributed by atoms with Crippen LogP contribution in [0.1, 0.15) is 5.76 Å². The molecule has 1 N–H and O–H groups in total. The largest absolute Gasteiger partial charge is 0.465 e. The molecule has 0 aliphatic heterocycles. The fourth-order valence-corrected chi connectivity index (χ4v) is 2.55. The van der Waals surface area contributed by atoms with Crippen molar-refractivity contribution in [1.82, 2.24) is 4.31 Å². The Morgan fingerprint density at radius 2 is 1.86 bits per heavy atom. The smallest absolute Gasteiger partial charge is 0.248 e. The summed E-state index contributed by atoms with van der Waals surface area (Å²) in [4.78, 5) is 11.9. The summed E-state index contributed by atoms with van der Waals surface area (Å²) in [5, 5.41) is 2.64. The van der Waals surface area contributed by atoms with Gasteiger partial charge in [0.05, 0.1) is 11.2 Å². The van der Waals surface area contributed by atoms with Crippen molar-refractivity contribution < 1.29 is 17.6 Å². The van der Waals surface area contributed by atoms with Crippen LogP contribution in [-0.4, -0.2) is 32.7 Å².